The Morgan fingerprint density at radius 3 is 2.39 bits per heavy atom. The monoisotopic (exact) mass is 476 g/mol. The fraction of sp³-hybridized carbons (Fsp3) is 0.167. The minimum absolute atomic E-state index is 0.155. The van der Waals surface area contributed by atoms with Gasteiger partial charge in [0.2, 0.25) is 0 Å². The first-order chi connectivity index (χ1) is 17.3. The summed E-state index contributed by atoms with van der Waals surface area (Å²) in [6.07, 6.45) is 0. The quantitative estimate of drug-likeness (QED) is 0.327. The molecule has 0 radical (unpaired) electrons. The summed E-state index contributed by atoms with van der Waals surface area (Å²) in [5, 5.41) is 5.59. The van der Waals surface area contributed by atoms with Gasteiger partial charge in [-0.25, -0.2) is 9.78 Å². The van der Waals surface area contributed by atoms with Crippen LogP contribution in [0.25, 0.3) is 27.4 Å². The number of rotatable bonds is 4. The van der Waals surface area contributed by atoms with Gasteiger partial charge in [-0.05, 0) is 56.0 Å². The molecular weight excluding hydrogens is 448 g/mol. The van der Waals surface area contributed by atoms with Crippen LogP contribution in [0.2, 0.25) is 0 Å². The van der Waals surface area contributed by atoms with Gasteiger partial charge in [0.1, 0.15) is 5.82 Å². The van der Waals surface area contributed by atoms with E-state index in [2.05, 4.69) is 5.32 Å². The molecule has 0 saturated heterocycles. The number of fused-ring (bicyclic) bond motifs is 2. The number of carbonyl (C=O) groups excluding carboxylic acids is 1. The van der Waals surface area contributed by atoms with E-state index in [1.807, 2.05) is 99.6 Å². The molecule has 6 heteroatoms. The molecule has 36 heavy (non-hydrogen) atoms. The molecule has 1 unspecified atom stereocenters. The Balaban J connectivity index is 1.58. The zero-order valence-electron chi connectivity index (χ0n) is 20.8. The molecule has 0 saturated carbocycles. The lowest BCUT2D eigenvalue weighted by Gasteiger charge is -2.28. The fourth-order valence-corrected chi connectivity index (χ4v) is 4.61. The van der Waals surface area contributed by atoms with Crippen LogP contribution in [0.4, 0.5) is 10.5 Å². The number of aromatic nitrogens is 2. The van der Waals surface area contributed by atoms with Gasteiger partial charge in [0.25, 0.3) is 5.56 Å². The fourth-order valence-electron chi connectivity index (χ4n) is 4.61. The number of carbonyl (C=O) groups is 1. The molecule has 180 valence electrons. The number of benzene rings is 4. The molecule has 0 fully saturated rings. The first kappa shape index (κ1) is 23.3. The van der Waals surface area contributed by atoms with Gasteiger partial charge in [0, 0.05) is 12.4 Å². The highest BCUT2D eigenvalue weighted by molar-refractivity contribution is 6.01. The predicted molar refractivity (Wildman–Crippen MR) is 146 cm³/mol. The molecular formula is C30H28N4O2. The Bertz CT molecular complexity index is 1670. The minimum atomic E-state index is -0.488. The molecule has 0 spiro atoms. The lowest BCUT2D eigenvalue weighted by Crippen LogP contribution is -2.37. The number of urea groups is 1. The second-order valence-corrected chi connectivity index (χ2v) is 9.16. The van der Waals surface area contributed by atoms with E-state index in [9.17, 15) is 9.59 Å². The molecule has 4 aromatic carbocycles. The van der Waals surface area contributed by atoms with Crippen molar-refractivity contribution in [1.29, 1.82) is 0 Å². The van der Waals surface area contributed by atoms with Crippen molar-refractivity contribution in [2.75, 3.05) is 12.4 Å². The van der Waals surface area contributed by atoms with Crippen LogP contribution in [-0.4, -0.2) is 27.5 Å². The normalized spacial score (nSPS) is 12.0. The third-order valence-corrected chi connectivity index (χ3v) is 6.70. The van der Waals surface area contributed by atoms with Crippen molar-refractivity contribution < 1.29 is 4.79 Å². The van der Waals surface area contributed by atoms with Gasteiger partial charge in [-0.15, -0.1) is 0 Å². The van der Waals surface area contributed by atoms with E-state index in [1.54, 1.807) is 22.6 Å². The molecule has 0 aliphatic rings. The number of hydrogen-bond donors (Lipinski definition) is 1. The number of anilines is 1. The Labute approximate surface area is 209 Å². The van der Waals surface area contributed by atoms with Crippen molar-refractivity contribution >= 4 is 33.4 Å². The Kier molecular flexibility index (Phi) is 6.02. The van der Waals surface area contributed by atoms with Crippen LogP contribution in [0.5, 0.6) is 0 Å². The van der Waals surface area contributed by atoms with Crippen LogP contribution in [0.1, 0.15) is 29.9 Å². The SMILES string of the molecule is Cc1ccc(-n2c(C(C)N(C)C(=O)Nc3cccc4ccccc34)nc3ccccc3c2=O)c(C)c1. The number of amides is 2. The summed E-state index contributed by atoms with van der Waals surface area (Å²) in [6.45, 7) is 5.89. The second kappa shape index (κ2) is 9.30. The van der Waals surface area contributed by atoms with Gasteiger partial charge in [0.15, 0.2) is 0 Å². The highest BCUT2D eigenvalue weighted by Crippen LogP contribution is 2.26. The van der Waals surface area contributed by atoms with Crippen molar-refractivity contribution in [1.82, 2.24) is 14.5 Å². The third-order valence-electron chi connectivity index (χ3n) is 6.70. The maximum absolute atomic E-state index is 13.7. The molecule has 1 atom stereocenters. The summed E-state index contributed by atoms with van der Waals surface area (Å²) in [6, 6.07) is 26.2. The zero-order chi connectivity index (χ0) is 25.4. The van der Waals surface area contributed by atoms with Gasteiger partial charge >= 0.3 is 6.03 Å². The van der Waals surface area contributed by atoms with Crippen LogP contribution in [0, 0.1) is 13.8 Å². The molecule has 1 N–H and O–H groups in total. The van der Waals surface area contributed by atoms with Crippen LogP contribution >= 0.6 is 0 Å². The van der Waals surface area contributed by atoms with Gasteiger partial charge in [-0.2, -0.15) is 0 Å². The first-order valence-electron chi connectivity index (χ1n) is 12.0. The zero-order valence-corrected chi connectivity index (χ0v) is 20.8. The number of nitrogens with zero attached hydrogens (tertiary/aromatic N) is 3. The second-order valence-electron chi connectivity index (χ2n) is 9.16. The lowest BCUT2D eigenvalue weighted by atomic mass is 10.1. The van der Waals surface area contributed by atoms with E-state index in [4.69, 9.17) is 4.98 Å². The molecule has 0 aliphatic carbocycles. The summed E-state index contributed by atoms with van der Waals surface area (Å²) in [7, 11) is 1.72. The smallest absolute Gasteiger partial charge is 0.318 e. The Hall–Kier alpha value is -4.45. The Morgan fingerprint density at radius 2 is 1.61 bits per heavy atom. The van der Waals surface area contributed by atoms with Crippen LogP contribution < -0.4 is 10.9 Å². The van der Waals surface area contributed by atoms with Gasteiger partial charge in [-0.3, -0.25) is 9.36 Å². The van der Waals surface area contributed by atoms with E-state index < -0.39 is 6.04 Å². The summed E-state index contributed by atoms with van der Waals surface area (Å²) >= 11 is 0. The number of para-hydroxylation sites is 1. The molecule has 0 aliphatic heterocycles. The van der Waals surface area contributed by atoms with Gasteiger partial charge in [-0.1, -0.05) is 66.2 Å². The highest BCUT2D eigenvalue weighted by atomic mass is 16.2. The van der Waals surface area contributed by atoms with E-state index in [0.717, 1.165) is 33.3 Å². The summed E-state index contributed by atoms with van der Waals surface area (Å²) < 4.78 is 1.64. The molecule has 6 nitrogen and oxygen atoms in total. The van der Waals surface area contributed by atoms with Crippen molar-refractivity contribution in [2.24, 2.45) is 0 Å². The average molecular weight is 477 g/mol. The number of nitrogens with one attached hydrogen (secondary N) is 1. The summed E-state index contributed by atoms with van der Waals surface area (Å²) in [5.41, 5.74) is 4.01. The summed E-state index contributed by atoms with van der Waals surface area (Å²) in [4.78, 5) is 33.6. The maximum Gasteiger partial charge on any atom is 0.322 e. The highest BCUT2D eigenvalue weighted by Gasteiger charge is 2.25. The van der Waals surface area contributed by atoms with Gasteiger partial charge < -0.3 is 10.2 Å². The Morgan fingerprint density at radius 1 is 0.917 bits per heavy atom. The number of aryl methyl sites for hydroxylation is 2. The van der Waals surface area contributed by atoms with E-state index in [-0.39, 0.29) is 11.6 Å². The van der Waals surface area contributed by atoms with Crippen molar-refractivity contribution in [3.63, 3.8) is 0 Å². The largest absolute Gasteiger partial charge is 0.322 e. The topological polar surface area (TPSA) is 67.2 Å². The standard InChI is InChI=1S/C30H28N4O2/c1-19-16-17-27(20(2)18-19)34-28(31-26-14-8-7-13-24(26)29(34)35)21(3)33(4)30(36)32-25-15-9-11-22-10-5-6-12-23(22)25/h5-18,21H,1-4H3,(H,32,36). The molecule has 2 amide bonds. The average Bonchev–Trinajstić information content (AvgIpc) is 2.88. The predicted octanol–water partition coefficient (Wildman–Crippen LogP) is 6.38. The number of hydrogen-bond acceptors (Lipinski definition) is 3. The minimum Gasteiger partial charge on any atom is -0.318 e. The molecule has 5 aromatic rings. The molecule has 0 bridgehead atoms. The molecule has 5 rings (SSSR count). The molecule has 1 aromatic heterocycles. The third kappa shape index (κ3) is 4.11. The van der Waals surface area contributed by atoms with Crippen molar-refractivity contribution in [3.05, 3.63) is 112 Å². The summed E-state index contributed by atoms with van der Waals surface area (Å²) in [5.74, 6) is 0.501. The van der Waals surface area contributed by atoms with Crippen molar-refractivity contribution in [2.45, 2.75) is 26.8 Å². The van der Waals surface area contributed by atoms with Crippen LogP contribution in [0.3, 0.4) is 0 Å². The molecule has 1 heterocycles. The van der Waals surface area contributed by atoms with Crippen LogP contribution in [0.15, 0.2) is 89.7 Å². The van der Waals surface area contributed by atoms with E-state index in [1.165, 1.54) is 0 Å². The lowest BCUT2D eigenvalue weighted by molar-refractivity contribution is 0.205. The van der Waals surface area contributed by atoms with E-state index >= 15 is 0 Å². The maximum atomic E-state index is 13.7. The first-order valence-corrected chi connectivity index (χ1v) is 12.0. The van der Waals surface area contributed by atoms with E-state index in [0.29, 0.717) is 16.7 Å². The van der Waals surface area contributed by atoms with Crippen molar-refractivity contribution in [3.8, 4) is 5.69 Å². The van der Waals surface area contributed by atoms with Crippen LogP contribution in [-0.2, 0) is 0 Å². The van der Waals surface area contributed by atoms with Gasteiger partial charge in [0.05, 0.1) is 28.3 Å².